The molecule has 0 aliphatic heterocycles. The lowest BCUT2D eigenvalue weighted by Gasteiger charge is -2.15. The molecule has 5 heteroatoms. The van der Waals surface area contributed by atoms with Gasteiger partial charge in [0.1, 0.15) is 0 Å². The molecule has 0 saturated carbocycles. The molecule has 20 heavy (non-hydrogen) atoms. The number of hydrogen-bond acceptors (Lipinski definition) is 4. The van der Waals surface area contributed by atoms with Crippen molar-refractivity contribution in [3.8, 4) is 0 Å². The summed E-state index contributed by atoms with van der Waals surface area (Å²) in [6.45, 7) is 5.01. The number of nitrogens with zero attached hydrogens (tertiary/aromatic N) is 2. The number of rotatable bonds is 5. The Morgan fingerprint density at radius 3 is 2.75 bits per heavy atom. The fraction of sp³-hybridized carbons (Fsp3) is 0.333. The number of amides is 1. The number of para-hydroxylation sites is 1. The number of nitrogens with one attached hydrogen (secondary N) is 1. The van der Waals surface area contributed by atoms with E-state index in [1.165, 1.54) is 0 Å². The molecule has 0 fully saturated rings. The minimum Gasteiger partial charge on any atom is -0.325 e. The topological polar surface area (TPSA) is 45.2 Å². The summed E-state index contributed by atoms with van der Waals surface area (Å²) < 4.78 is 0. The Labute approximate surface area is 123 Å². The van der Waals surface area contributed by atoms with Crippen molar-refractivity contribution in [2.75, 3.05) is 18.9 Å². The third-order valence-electron chi connectivity index (χ3n) is 2.93. The molecule has 1 aromatic carbocycles. The fourth-order valence-electron chi connectivity index (χ4n) is 1.96. The molecule has 0 aliphatic rings. The van der Waals surface area contributed by atoms with Crippen molar-refractivity contribution in [1.82, 2.24) is 9.88 Å². The van der Waals surface area contributed by atoms with E-state index in [-0.39, 0.29) is 5.91 Å². The SMILES string of the molecule is Cc1nc(CN(C)CC(=O)Nc2ccccc2C)cs1. The summed E-state index contributed by atoms with van der Waals surface area (Å²) in [7, 11) is 1.92. The molecular formula is C15H19N3OS. The molecule has 2 aromatic rings. The Hall–Kier alpha value is -1.72. The van der Waals surface area contributed by atoms with Gasteiger partial charge < -0.3 is 5.32 Å². The Kier molecular flexibility index (Phi) is 4.87. The zero-order valence-corrected chi connectivity index (χ0v) is 12.8. The summed E-state index contributed by atoms with van der Waals surface area (Å²) in [5.74, 6) is -0.00579. The first-order valence-corrected chi connectivity index (χ1v) is 7.37. The van der Waals surface area contributed by atoms with Crippen LogP contribution in [0, 0.1) is 13.8 Å². The third kappa shape index (κ3) is 4.15. The largest absolute Gasteiger partial charge is 0.325 e. The van der Waals surface area contributed by atoms with E-state index in [0.29, 0.717) is 13.1 Å². The van der Waals surface area contributed by atoms with Gasteiger partial charge in [-0.3, -0.25) is 9.69 Å². The van der Waals surface area contributed by atoms with Crippen LogP contribution in [0.25, 0.3) is 0 Å². The summed E-state index contributed by atoms with van der Waals surface area (Å²) in [6.07, 6.45) is 0. The van der Waals surface area contributed by atoms with Gasteiger partial charge in [0.05, 0.1) is 17.2 Å². The smallest absolute Gasteiger partial charge is 0.238 e. The Morgan fingerprint density at radius 1 is 1.35 bits per heavy atom. The quantitative estimate of drug-likeness (QED) is 0.920. The van der Waals surface area contributed by atoms with Crippen LogP contribution in [0.15, 0.2) is 29.6 Å². The molecule has 1 N–H and O–H groups in total. The lowest BCUT2D eigenvalue weighted by Crippen LogP contribution is -2.30. The number of aromatic nitrogens is 1. The standard InChI is InChI=1S/C15H19N3OS/c1-11-6-4-5-7-14(11)17-15(19)9-18(3)8-13-10-20-12(2)16-13/h4-7,10H,8-9H2,1-3H3,(H,17,19). The Bertz CT molecular complexity index is 594. The van der Waals surface area contributed by atoms with Gasteiger partial charge in [-0.1, -0.05) is 18.2 Å². The lowest BCUT2D eigenvalue weighted by atomic mass is 10.2. The van der Waals surface area contributed by atoms with E-state index >= 15 is 0 Å². The van der Waals surface area contributed by atoms with E-state index in [9.17, 15) is 4.79 Å². The molecular weight excluding hydrogens is 270 g/mol. The minimum absolute atomic E-state index is 0.00579. The second-order valence-electron chi connectivity index (χ2n) is 4.89. The van der Waals surface area contributed by atoms with Crippen molar-refractivity contribution < 1.29 is 4.79 Å². The predicted molar refractivity (Wildman–Crippen MR) is 83.0 cm³/mol. The number of carbonyl (C=O) groups is 1. The number of benzene rings is 1. The number of carbonyl (C=O) groups excluding carboxylic acids is 1. The molecule has 0 unspecified atom stereocenters. The van der Waals surface area contributed by atoms with Crippen molar-refractivity contribution in [2.24, 2.45) is 0 Å². The molecule has 4 nitrogen and oxygen atoms in total. The molecule has 0 radical (unpaired) electrons. The van der Waals surface area contributed by atoms with Gasteiger partial charge in [0.15, 0.2) is 0 Å². The van der Waals surface area contributed by atoms with E-state index in [2.05, 4.69) is 10.3 Å². The first-order valence-electron chi connectivity index (χ1n) is 6.49. The van der Waals surface area contributed by atoms with E-state index in [0.717, 1.165) is 22.0 Å². The van der Waals surface area contributed by atoms with Crippen LogP contribution in [0.2, 0.25) is 0 Å². The second kappa shape index (κ2) is 6.63. The Balaban J connectivity index is 1.86. The van der Waals surface area contributed by atoms with Crippen molar-refractivity contribution in [3.63, 3.8) is 0 Å². The van der Waals surface area contributed by atoms with Crippen molar-refractivity contribution in [2.45, 2.75) is 20.4 Å². The molecule has 1 heterocycles. The van der Waals surface area contributed by atoms with Crippen LogP contribution in [-0.2, 0) is 11.3 Å². The van der Waals surface area contributed by atoms with Gasteiger partial charge in [-0.25, -0.2) is 4.98 Å². The highest BCUT2D eigenvalue weighted by Gasteiger charge is 2.09. The highest BCUT2D eigenvalue weighted by atomic mass is 32.1. The summed E-state index contributed by atoms with van der Waals surface area (Å²) in [4.78, 5) is 18.4. The summed E-state index contributed by atoms with van der Waals surface area (Å²) in [5.41, 5.74) is 2.95. The predicted octanol–water partition coefficient (Wildman–Crippen LogP) is 2.83. The maximum absolute atomic E-state index is 12.0. The third-order valence-corrected chi connectivity index (χ3v) is 3.75. The van der Waals surface area contributed by atoms with Gasteiger partial charge in [0.25, 0.3) is 0 Å². The molecule has 0 spiro atoms. The van der Waals surface area contributed by atoms with Gasteiger partial charge in [0, 0.05) is 17.6 Å². The van der Waals surface area contributed by atoms with Crippen LogP contribution in [0.5, 0.6) is 0 Å². The van der Waals surface area contributed by atoms with Gasteiger partial charge in [-0.15, -0.1) is 11.3 Å². The van der Waals surface area contributed by atoms with Crippen LogP contribution in [0.3, 0.4) is 0 Å². The van der Waals surface area contributed by atoms with Crippen LogP contribution >= 0.6 is 11.3 Å². The van der Waals surface area contributed by atoms with Crippen LogP contribution in [0.1, 0.15) is 16.3 Å². The molecule has 0 aliphatic carbocycles. The zero-order valence-electron chi connectivity index (χ0n) is 12.0. The van der Waals surface area contributed by atoms with Crippen molar-refractivity contribution in [1.29, 1.82) is 0 Å². The molecule has 106 valence electrons. The molecule has 0 atom stereocenters. The van der Waals surface area contributed by atoms with E-state index in [1.807, 2.05) is 55.4 Å². The molecule has 2 rings (SSSR count). The van der Waals surface area contributed by atoms with Crippen LogP contribution < -0.4 is 5.32 Å². The zero-order chi connectivity index (χ0) is 14.5. The molecule has 0 bridgehead atoms. The van der Waals surface area contributed by atoms with Crippen LogP contribution in [-0.4, -0.2) is 29.4 Å². The number of anilines is 1. The van der Waals surface area contributed by atoms with E-state index in [1.54, 1.807) is 11.3 Å². The highest BCUT2D eigenvalue weighted by molar-refractivity contribution is 7.09. The van der Waals surface area contributed by atoms with E-state index in [4.69, 9.17) is 0 Å². The maximum atomic E-state index is 12.0. The number of aryl methyl sites for hydroxylation is 2. The van der Waals surface area contributed by atoms with Crippen LogP contribution in [0.4, 0.5) is 5.69 Å². The monoisotopic (exact) mass is 289 g/mol. The first kappa shape index (κ1) is 14.7. The first-order chi connectivity index (χ1) is 9.54. The van der Waals surface area contributed by atoms with Gasteiger partial charge in [0.2, 0.25) is 5.91 Å². The van der Waals surface area contributed by atoms with Gasteiger partial charge in [-0.05, 0) is 32.5 Å². The van der Waals surface area contributed by atoms with Crippen molar-refractivity contribution >= 4 is 22.9 Å². The summed E-state index contributed by atoms with van der Waals surface area (Å²) >= 11 is 1.63. The average Bonchev–Trinajstić information content (AvgIpc) is 2.77. The normalized spacial score (nSPS) is 10.8. The van der Waals surface area contributed by atoms with Crippen molar-refractivity contribution in [3.05, 3.63) is 45.9 Å². The second-order valence-corrected chi connectivity index (χ2v) is 5.96. The van der Waals surface area contributed by atoms with Gasteiger partial charge >= 0.3 is 0 Å². The number of hydrogen-bond donors (Lipinski definition) is 1. The maximum Gasteiger partial charge on any atom is 0.238 e. The van der Waals surface area contributed by atoms with Gasteiger partial charge in [-0.2, -0.15) is 0 Å². The lowest BCUT2D eigenvalue weighted by molar-refractivity contribution is -0.117. The summed E-state index contributed by atoms with van der Waals surface area (Å²) in [5, 5.41) is 6.02. The number of thiazole rings is 1. The molecule has 0 saturated heterocycles. The fourth-order valence-corrected chi connectivity index (χ4v) is 2.57. The molecule has 1 aromatic heterocycles. The summed E-state index contributed by atoms with van der Waals surface area (Å²) in [6, 6.07) is 7.78. The Morgan fingerprint density at radius 2 is 2.10 bits per heavy atom. The van der Waals surface area contributed by atoms with E-state index < -0.39 is 0 Å². The average molecular weight is 289 g/mol. The molecule has 1 amide bonds. The number of likely N-dealkylation sites (N-methyl/N-ethyl adjacent to an activating group) is 1. The minimum atomic E-state index is -0.00579. The highest BCUT2D eigenvalue weighted by Crippen LogP contribution is 2.13.